The highest BCUT2D eigenvalue weighted by Crippen LogP contribution is 2.25. The van der Waals surface area contributed by atoms with Gasteiger partial charge in [-0.05, 0) is 11.6 Å². The summed E-state index contributed by atoms with van der Waals surface area (Å²) in [6, 6.07) is 11.5. The molecule has 2 heterocycles. The minimum absolute atomic E-state index is 0.0216. The van der Waals surface area contributed by atoms with Crippen LogP contribution in [0.4, 0.5) is 0 Å². The van der Waals surface area contributed by atoms with Crippen molar-refractivity contribution in [2.45, 2.75) is 6.61 Å². The molecule has 106 valence electrons. The first-order valence-corrected chi connectivity index (χ1v) is 6.90. The lowest BCUT2D eigenvalue weighted by Crippen LogP contribution is -2.10. The average Bonchev–Trinajstić information content (AvgIpc) is 2.98. The van der Waals surface area contributed by atoms with Gasteiger partial charge in [-0.15, -0.1) is 0 Å². The summed E-state index contributed by atoms with van der Waals surface area (Å²) in [5.74, 6) is -0.175. The van der Waals surface area contributed by atoms with E-state index in [1.165, 1.54) is 6.20 Å². The summed E-state index contributed by atoms with van der Waals surface area (Å²) >= 11 is 6.24. The average molecular weight is 301 g/mol. The van der Waals surface area contributed by atoms with E-state index >= 15 is 0 Å². The fourth-order valence-corrected chi connectivity index (χ4v) is 2.39. The monoisotopic (exact) mass is 300 g/mol. The van der Waals surface area contributed by atoms with Crippen LogP contribution in [0.25, 0.3) is 11.0 Å². The summed E-state index contributed by atoms with van der Waals surface area (Å²) in [5.41, 5.74) is 2.08. The van der Waals surface area contributed by atoms with Crippen LogP contribution in [0.2, 0.25) is 5.02 Å². The van der Waals surface area contributed by atoms with Gasteiger partial charge >= 0.3 is 0 Å². The van der Waals surface area contributed by atoms with Crippen molar-refractivity contribution in [3.63, 3.8) is 0 Å². The van der Waals surface area contributed by atoms with Crippen molar-refractivity contribution in [3.05, 3.63) is 64.9 Å². The van der Waals surface area contributed by atoms with Crippen LogP contribution >= 0.6 is 11.6 Å². The van der Waals surface area contributed by atoms with E-state index in [2.05, 4.69) is 9.97 Å². The van der Waals surface area contributed by atoms with Gasteiger partial charge < -0.3 is 9.72 Å². The predicted octanol–water partition coefficient (Wildman–Crippen LogP) is 3.62. The Balaban J connectivity index is 1.68. The minimum atomic E-state index is -0.175. The lowest BCUT2D eigenvalue weighted by atomic mass is 10.1. The molecule has 2 aromatic heterocycles. The van der Waals surface area contributed by atoms with Gasteiger partial charge in [-0.1, -0.05) is 41.9 Å². The topological polar surface area (TPSA) is 55.0 Å². The number of nitrogens with zero attached hydrogens (tertiary/aromatic N) is 1. The molecule has 1 N–H and O–H groups in total. The summed E-state index contributed by atoms with van der Waals surface area (Å²) < 4.78 is 5.44. The molecular weight excluding hydrogens is 288 g/mol. The maximum absolute atomic E-state index is 12.2. The molecule has 0 fully saturated rings. The van der Waals surface area contributed by atoms with Crippen LogP contribution in [0.1, 0.15) is 15.9 Å². The Morgan fingerprint density at radius 2 is 2.05 bits per heavy atom. The molecule has 5 heteroatoms. The van der Waals surface area contributed by atoms with E-state index < -0.39 is 0 Å². The number of carbonyl (C=O) groups is 1. The van der Waals surface area contributed by atoms with Crippen LogP contribution in [0.15, 0.2) is 48.8 Å². The molecule has 0 atom stereocenters. The minimum Gasteiger partial charge on any atom is -0.369 e. The normalized spacial score (nSPS) is 10.9. The third kappa shape index (κ3) is 2.96. The number of hydrogen-bond donors (Lipinski definition) is 1. The zero-order valence-electron chi connectivity index (χ0n) is 11.2. The first kappa shape index (κ1) is 13.8. The number of benzene rings is 1. The van der Waals surface area contributed by atoms with Crippen molar-refractivity contribution in [3.8, 4) is 0 Å². The number of rotatable bonds is 5. The Bertz CT molecular complexity index is 768. The van der Waals surface area contributed by atoms with Crippen molar-refractivity contribution in [2.75, 3.05) is 6.61 Å². The van der Waals surface area contributed by atoms with Gasteiger partial charge in [0.15, 0.2) is 5.78 Å². The number of nitrogens with one attached hydrogen (secondary N) is 1. The van der Waals surface area contributed by atoms with E-state index in [9.17, 15) is 4.79 Å². The molecule has 1 aromatic carbocycles. The summed E-state index contributed by atoms with van der Waals surface area (Å²) in [5, 5.41) is 1.15. The second-order valence-electron chi connectivity index (χ2n) is 4.63. The van der Waals surface area contributed by atoms with Crippen LogP contribution in [-0.2, 0) is 11.3 Å². The zero-order chi connectivity index (χ0) is 14.7. The van der Waals surface area contributed by atoms with Crippen LogP contribution in [0.3, 0.4) is 0 Å². The van der Waals surface area contributed by atoms with Gasteiger partial charge in [0.25, 0.3) is 0 Å². The number of Topliss-reactive ketones (excluding diaryl/α,β-unsaturated/α-hetero) is 1. The third-order valence-corrected chi connectivity index (χ3v) is 3.57. The van der Waals surface area contributed by atoms with E-state index in [1.807, 2.05) is 30.3 Å². The van der Waals surface area contributed by atoms with Crippen molar-refractivity contribution in [2.24, 2.45) is 0 Å². The van der Waals surface area contributed by atoms with Crippen molar-refractivity contribution in [1.29, 1.82) is 0 Å². The maximum atomic E-state index is 12.2. The molecule has 0 spiro atoms. The Hall–Kier alpha value is -2.17. The number of carbonyl (C=O) groups excluding carboxylic acids is 1. The van der Waals surface area contributed by atoms with E-state index in [0.29, 0.717) is 22.8 Å². The molecule has 0 aliphatic heterocycles. The number of H-pyrrole nitrogens is 1. The number of ether oxygens (including phenoxy) is 1. The summed E-state index contributed by atoms with van der Waals surface area (Å²) in [4.78, 5) is 19.3. The predicted molar refractivity (Wildman–Crippen MR) is 81.5 cm³/mol. The van der Waals surface area contributed by atoms with Crippen LogP contribution in [0, 0.1) is 0 Å². The SMILES string of the molecule is O=C(COCc1ccccc1)c1cnc2[nH]ccc2c1Cl. The Labute approximate surface area is 126 Å². The number of pyridine rings is 1. The summed E-state index contributed by atoms with van der Waals surface area (Å²) in [6.45, 7) is 0.371. The molecule has 0 radical (unpaired) electrons. The highest BCUT2D eigenvalue weighted by Gasteiger charge is 2.14. The molecule has 0 bridgehead atoms. The number of halogens is 1. The van der Waals surface area contributed by atoms with Gasteiger partial charge in [0, 0.05) is 17.8 Å². The van der Waals surface area contributed by atoms with Gasteiger partial charge in [0.2, 0.25) is 0 Å². The summed E-state index contributed by atoms with van der Waals surface area (Å²) in [7, 11) is 0. The molecule has 0 aliphatic rings. The standard InChI is InChI=1S/C16H13ClN2O2/c17-15-12-6-7-18-16(12)19-8-13(15)14(20)10-21-9-11-4-2-1-3-5-11/h1-8H,9-10H2,(H,18,19). The fraction of sp³-hybridized carbons (Fsp3) is 0.125. The van der Waals surface area contributed by atoms with E-state index in [0.717, 1.165) is 10.9 Å². The zero-order valence-corrected chi connectivity index (χ0v) is 11.9. The van der Waals surface area contributed by atoms with Crippen molar-refractivity contribution >= 4 is 28.4 Å². The Morgan fingerprint density at radius 3 is 2.86 bits per heavy atom. The highest BCUT2D eigenvalue weighted by molar-refractivity contribution is 6.38. The largest absolute Gasteiger partial charge is 0.369 e. The molecule has 21 heavy (non-hydrogen) atoms. The van der Waals surface area contributed by atoms with Crippen LogP contribution in [0.5, 0.6) is 0 Å². The quantitative estimate of drug-likeness (QED) is 0.732. The summed E-state index contributed by atoms with van der Waals surface area (Å²) in [6.07, 6.45) is 3.22. The van der Waals surface area contributed by atoms with Crippen LogP contribution in [-0.4, -0.2) is 22.4 Å². The first-order chi connectivity index (χ1) is 10.3. The lowest BCUT2D eigenvalue weighted by Gasteiger charge is -2.06. The second-order valence-corrected chi connectivity index (χ2v) is 5.01. The first-order valence-electron chi connectivity index (χ1n) is 6.52. The molecule has 0 saturated carbocycles. The molecule has 3 rings (SSSR count). The number of hydrogen-bond acceptors (Lipinski definition) is 3. The number of fused-ring (bicyclic) bond motifs is 1. The Kier molecular flexibility index (Phi) is 3.99. The van der Waals surface area contributed by atoms with Crippen molar-refractivity contribution in [1.82, 2.24) is 9.97 Å². The molecule has 0 unspecified atom stereocenters. The molecule has 4 nitrogen and oxygen atoms in total. The maximum Gasteiger partial charge on any atom is 0.191 e. The van der Waals surface area contributed by atoms with Gasteiger partial charge in [-0.25, -0.2) is 4.98 Å². The van der Waals surface area contributed by atoms with Crippen LogP contribution < -0.4 is 0 Å². The van der Waals surface area contributed by atoms with Crippen molar-refractivity contribution < 1.29 is 9.53 Å². The van der Waals surface area contributed by atoms with Gasteiger partial charge in [0.1, 0.15) is 12.3 Å². The second kappa shape index (κ2) is 6.08. The third-order valence-electron chi connectivity index (χ3n) is 3.17. The smallest absolute Gasteiger partial charge is 0.191 e. The van der Waals surface area contributed by atoms with E-state index in [-0.39, 0.29) is 12.4 Å². The molecule has 3 aromatic rings. The number of aromatic nitrogens is 2. The van der Waals surface area contributed by atoms with Gasteiger partial charge in [-0.2, -0.15) is 0 Å². The fourth-order valence-electron chi connectivity index (χ4n) is 2.08. The number of ketones is 1. The van der Waals surface area contributed by atoms with Gasteiger partial charge in [0.05, 0.1) is 17.2 Å². The Morgan fingerprint density at radius 1 is 1.24 bits per heavy atom. The van der Waals surface area contributed by atoms with E-state index in [4.69, 9.17) is 16.3 Å². The number of aromatic amines is 1. The highest BCUT2D eigenvalue weighted by atomic mass is 35.5. The lowest BCUT2D eigenvalue weighted by molar-refractivity contribution is 0.0726. The molecule has 0 aliphatic carbocycles. The van der Waals surface area contributed by atoms with Gasteiger partial charge in [-0.3, -0.25) is 4.79 Å². The molecule has 0 amide bonds. The molecule has 0 saturated heterocycles. The molecular formula is C16H13ClN2O2. The van der Waals surface area contributed by atoms with E-state index in [1.54, 1.807) is 12.3 Å².